The van der Waals surface area contributed by atoms with E-state index >= 15 is 0 Å². The largest absolute Gasteiger partial charge is 0.393 e. The molecule has 1 fully saturated rings. The fourth-order valence-electron chi connectivity index (χ4n) is 2.81. The van der Waals surface area contributed by atoms with E-state index in [-0.39, 0.29) is 6.10 Å². The van der Waals surface area contributed by atoms with Crippen LogP contribution in [0.1, 0.15) is 43.9 Å². The Morgan fingerprint density at radius 2 is 2.06 bits per heavy atom. The second-order valence-corrected chi connectivity index (χ2v) is 5.48. The van der Waals surface area contributed by atoms with E-state index in [2.05, 4.69) is 24.0 Å². The van der Waals surface area contributed by atoms with Crippen molar-refractivity contribution in [1.82, 2.24) is 4.98 Å². The number of rotatable bonds is 2. The van der Waals surface area contributed by atoms with E-state index in [4.69, 9.17) is 0 Å². The molecule has 0 saturated heterocycles. The van der Waals surface area contributed by atoms with Gasteiger partial charge in [0.2, 0.25) is 0 Å². The molecule has 1 aromatic heterocycles. The Kier molecular flexibility index (Phi) is 4.16. The molecule has 3 atom stereocenters. The summed E-state index contributed by atoms with van der Waals surface area (Å²) in [7, 11) is 0. The van der Waals surface area contributed by atoms with Gasteiger partial charge in [-0.2, -0.15) is 0 Å². The quantitative estimate of drug-likeness (QED) is 0.796. The molecule has 2 rings (SSSR count). The first-order valence-corrected chi connectivity index (χ1v) is 6.76. The van der Waals surface area contributed by atoms with Crippen molar-refractivity contribution in [3.8, 4) is 0 Å². The number of aromatic nitrogens is 1. The van der Waals surface area contributed by atoms with Gasteiger partial charge in [-0.3, -0.25) is 4.98 Å². The first-order chi connectivity index (χ1) is 8.16. The van der Waals surface area contributed by atoms with E-state index < -0.39 is 0 Å². The zero-order valence-corrected chi connectivity index (χ0v) is 10.9. The van der Waals surface area contributed by atoms with Gasteiger partial charge in [-0.25, -0.2) is 0 Å². The molecule has 0 bridgehead atoms. The summed E-state index contributed by atoms with van der Waals surface area (Å²) in [6.07, 6.45) is 7.58. The molecule has 3 unspecified atom stereocenters. The lowest BCUT2D eigenvalue weighted by atomic mass is 9.83. The van der Waals surface area contributed by atoms with Crippen molar-refractivity contribution in [1.29, 1.82) is 0 Å². The molecule has 1 aromatic rings. The highest BCUT2D eigenvalue weighted by Gasteiger charge is 2.26. The van der Waals surface area contributed by atoms with Crippen molar-refractivity contribution in [3.05, 3.63) is 29.6 Å². The van der Waals surface area contributed by atoms with Gasteiger partial charge in [0.1, 0.15) is 0 Å². The van der Waals surface area contributed by atoms with Gasteiger partial charge in [-0.05, 0) is 49.7 Å². The highest BCUT2D eigenvalue weighted by atomic mass is 16.3. The predicted molar refractivity (Wildman–Crippen MR) is 69.8 cm³/mol. The molecule has 1 N–H and O–H groups in total. The summed E-state index contributed by atoms with van der Waals surface area (Å²) in [6, 6.07) is 4.25. The second kappa shape index (κ2) is 5.63. The Morgan fingerprint density at radius 1 is 1.29 bits per heavy atom. The summed E-state index contributed by atoms with van der Waals surface area (Å²) >= 11 is 0. The van der Waals surface area contributed by atoms with E-state index in [1.165, 1.54) is 24.8 Å². The van der Waals surface area contributed by atoms with Crippen LogP contribution in [0.3, 0.4) is 0 Å². The Morgan fingerprint density at radius 3 is 2.76 bits per heavy atom. The van der Waals surface area contributed by atoms with Gasteiger partial charge < -0.3 is 5.11 Å². The number of aryl methyl sites for hydroxylation is 1. The fraction of sp³-hybridized carbons (Fsp3) is 0.667. The van der Waals surface area contributed by atoms with E-state index in [1.54, 1.807) is 0 Å². The van der Waals surface area contributed by atoms with Crippen LogP contribution in [0, 0.1) is 18.8 Å². The first-order valence-electron chi connectivity index (χ1n) is 6.76. The Balaban J connectivity index is 2.03. The van der Waals surface area contributed by atoms with Crippen LogP contribution in [-0.2, 0) is 6.42 Å². The number of nitrogens with zero attached hydrogens (tertiary/aromatic N) is 1. The highest BCUT2D eigenvalue weighted by molar-refractivity contribution is 5.14. The molecule has 94 valence electrons. The third-order valence-corrected chi connectivity index (χ3v) is 4.15. The third kappa shape index (κ3) is 3.29. The first kappa shape index (κ1) is 12.6. The molecule has 0 radical (unpaired) electrons. The van der Waals surface area contributed by atoms with Crippen LogP contribution in [0.2, 0.25) is 0 Å². The third-order valence-electron chi connectivity index (χ3n) is 4.15. The van der Waals surface area contributed by atoms with E-state index in [0.717, 1.165) is 18.5 Å². The zero-order valence-electron chi connectivity index (χ0n) is 10.9. The number of aliphatic hydroxyl groups is 1. The van der Waals surface area contributed by atoms with Crippen molar-refractivity contribution in [2.75, 3.05) is 0 Å². The van der Waals surface area contributed by atoms with Gasteiger partial charge in [0.15, 0.2) is 0 Å². The average Bonchev–Trinajstić information content (AvgIpc) is 2.48. The summed E-state index contributed by atoms with van der Waals surface area (Å²) in [5.41, 5.74) is 2.38. The van der Waals surface area contributed by atoms with Crippen LogP contribution in [-0.4, -0.2) is 16.2 Å². The van der Waals surface area contributed by atoms with Crippen molar-refractivity contribution in [2.45, 2.75) is 52.1 Å². The normalized spacial score (nSPS) is 29.9. The molecule has 2 nitrogen and oxygen atoms in total. The molecule has 1 saturated carbocycles. The predicted octanol–water partition coefficient (Wildman–Crippen LogP) is 3.12. The lowest BCUT2D eigenvalue weighted by Gasteiger charge is -2.25. The van der Waals surface area contributed by atoms with Gasteiger partial charge >= 0.3 is 0 Å². The molecule has 2 heteroatoms. The summed E-state index contributed by atoms with van der Waals surface area (Å²) < 4.78 is 0. The van der Waals surface area contributed by atoms with Crippen LogP contribution in [0.5, 0.6) is 0 Å². The maximum atomic E-state index is 10.0. The maximum Gasteiger partial charge on any atom is 0.0568 e. The molecule has 0 aliphatic heterocycles. The second-order valence-electron chi connectivity index (χ2n) is 5.48. The van der Waals surface area contributed by atoms with Gasteiger partial charge in [0.25, 0.3) is 0 Å². The highest BCUT2D eigenvalue weighted by Crippen LogP contribution is 2.31. The topological polar surface area (TPSA) is 33.1 Å². The van der Waals surface area contributed by atoms with E-state index in [0.29, 0.717) is 11.8 Å². The van der Waals surface area contributed by atoms with Gasteiger partial charge in [0, 0.05) is 11.9 Å². The Labute approximate surface area is 104 Å². The molecule has 17 heavy (non-hydrogen) atoms. The van der Waals surface area contributed by atoms with Crippen molar-refractivity contribution in [2.24, 2.45) is 11.8 Å². The number of hydrogen-bond acceptors (Lipinski definition) is 2. The number of hydrogen-bond donors (Lipinski definition) is 1. The number of aliphatic hydroxyl groups excluding tert-OH is 1. The molecular formula is C15H23NO. The van der Waals surface area contributed by atoms with Crippen LogP contribution >= 0.6 is 0 Å². The Bertz CT molecular complexity index is 346. The summed E-state index contributed by atoms with van der Waals surface area (Å²) in [5.74, 6) is 1.02. The minimum atomic E-state index is -0.110. The number of pyridine rings is 1. The monoisotopic (exact) mass is 233 g/mol. The van der Waals surface area contributed by atoms with Crippen molar-refractivity contribution >= 4 is 0 Å². The standard InChI is InChI=1S/C15H23NO/c1-11-7-8-13(10-16-11)9-14-5-3-4-6-15(17)12(14)2/h7-8,10,12,14-15,17H,3-6,9H2,1-2H3. The SMILES string of the molecule is Cc1ccc(CC2CCCCC(O)C2C)cn1. The zero-order chi connectivity index (χ0) is 12.3. The minimum absolute atomic E-state index is 0.110. The van der Waals surface area contributed by atoms with Crippen molar-refractivity contribution in [3.63, 3.8) is 0 Å². The summed E-state index contributed by atoms with van der Waals surface area (Å²) in [5, 5.41) is 10.0. The molecule has 0 aromatic carbocycles. The van der Waals surface area contributed by atoms with Crippen LogP contribution in [0.15, 0.2) is 18.3 Å². The Hall–Kier alpha value is -0.890. The molecular weight excluding hydrogens is 210 g/mol. The van der Waals surface area contributed by atoms with E-state index in [1.807, 2.05) is 13.1 Å². The minimum Gasteiger partial charge on any atom is -0.393 e. The molecule has 1 heterocycles. The van der Waals surface area contributed by atoms with E-state index in [9.17, 15) is 5.11 Å². The molecule has 1 aliphatic rings. The van der Waals surface area contributed by atoms with Gasteiger partial charge in [0.05, 0.1) is 6.10 Å². The smallest absolute Gasteiger partial charge is 0.0568 e. The van der Waals surface area contributed by atoms with Crippen LogP contribution in [0.25, 0.3) is 0 Å². The van der Waals surface area contributed by atoms with Crippen molar-refractivity contribution < 1.29 is 5.11 Å². The van der Waals surface area contributed by atoms with Crippen LogP contribution < -0.4 is 0 Å². The molecule has 1 aliphatic carbocycles. The fourth-order valence-corrected chi connectivity index (χ4v) is 2.81. The lowest BCUT2D eigenvalue weighted by molar-refractivity contribution is 0.0837. The van der Waals surface area contributed by atoms with Crippen LogP contribution in [0.4, 0.5) is 0 Å². The molecule has 0 spiro atoms. The van der Waals surface area contributed by atoms with Gasteiger partial charge in [-0.1, -0.05) is 25.8 Å². The average molecular weight is 233 g/mol. The summed E-state index contributed by atoms with van der Waals surface area (Å²) in [6.45, 7) is 4.21. The summed E-state index contributed by atoms with van der Waals surface area (Å²) in [4.78, 5) is 4.35. The van der Waals surface area contributed by atoms with Gasteiger partial charge in [-0.15, -0.1) is 0 Å². The lowest BCUT2D eigenvalue weighted by Crippen LogP contribution is -2.24. The maximum absolute atomic E-state index is 10.0. The molecule has 0 amide bonds.